The number of benzene rings is 2. The molecule has 20 heavy (non-hydrogen) atoms. The third-order valence-electron chi connectivity index (χ3n) is 3.30. The Hall–Kier alpha value is -1.74. The zero-order valence-electron chi connectivity index (χ0n) is 11.6. The van der Waals surface area contributed by atoms with E-state index in [9.17, 15) is 8.78 Å². The summed E-state index contributed by atoms with van der Waals surface area (Å²) < 4.78 is 26.2. The van der Waals surface area contributed by atoms with Crippen LogP contribution in [0.2, 0.25) is 0 Å². The van der Waals surface area contributed by atoms with Gasteiger partial charge in [-0.3, -0.25) is 0 Å². The summed E-state index contributed by atoms with van der Waals surface area (Å²) in [5, 5.41) is 3.36. The third-order valence-corrected chi connectivity index (χ3v) is 3.30. The first-order valence-corrected chi connectivity index (χ1v) is 6.86. The lowest BCUT2D eigenvalue weighted by Gasteiger charge is -2.14. The van der Waals surface area contributed by atoms with Gasteiger partial charge in [-0.25, -0.2) is 8.78 Å². The van der Waals surface area contributed by atoms with Crippen LogP contribution in [0.15, 0.2) is 48.5 Å². The van der Waals surface area contributed by atoms with E-state index < -0.39 is 0 Å². The van der Waals surface area contributed by atoms with Crippen molar-refractivity contribution >= 4 is 0 Å². The zero-order chi connectivity index (χ0) is 14.4. The summed E-state index contributed by atoms with van der Waals surface area (Å²) in [5.41, 5.74) is 1.83. The Kier molecular flexibility index (Phi) is 5.24. The summed E-state index contributed by atoms with van der Waals surface area (Å²) in [7, 11) is 0. The fraction of sp³-hybridized carbons (Fsp3) is 0.294. The number of hydrogen-bond acceptors (Lipinski definition) is 1. The topological polar surface area (TPSA) is 12.0 Å². The maximum atomic E-state index is 13.4. The van der Waals surface area contributed by atoms with Crippen molar-refractivity contribution in [2.24, 2.45) is 0 Å². The molecule has 2 rings (SSSR count). The van der Waals surface area contributed by atoms with Crippen LogP contribution in [0.25, 0.3) is 0 Å². The largest absolute Gasteiger partial charge is 0.314 e. The molecule has 1 atom stereocenters. The molecule has 0 saturated heterocycles. The van der Waals surface area contributed by atoms with Crippen molar-refractivity contribution in [3.63, 3.8) is 0 Å². The van der Waals surface area contributed by atoms with E-state index in [-0.39, 0.29) is 17.7 Å². The Morgan fingerprint density at radius 3 is 2.40 bits per heavy atom. The van der Waals surface area contributed by atoms with Gasteiger partial charge in [0.05, 0.1) is 0 Å². The molecule has 0 fully saturated rings. The summed E-state index contributed by atoms with van der Waals surface area (Å²) in [4.78, 5) is 0. The predicted molar refractivity (Wildman–Crippen MR) is 77.7 cm³/mol. The quantitative estimate of drug-likeness (QED) is 0.847. The lowest BCUT2D eigenvalue weighted by Crippen LogP contribution is -2.30. The fourth-order valence-electron chi connectivity index (χ4n) is 2.20. The second-order valence-electron chi connectivity index (χ2n) is 5.03. The lowest BCUT2D eigenvalue weighted by atomic mass is 10.1. The summed E-state index contributed by atoms with van der Waals surface area (Å²) >= 11 is 0. The van der Waals surface area contributed by atoms with E-state index in [4.69, 9.17) is 0 Å². The Morgan fingerprint density at radius 2 is 1.70 bits per heavy atom. The van der Waals surface area contributed by atoms with Gasteiger partial charge in [0.25, 0.3) is 0 Å². The standard InChI is InChI=1S/C17H19F2N/c1-13(12-14-6-8-16(18)9-7-14)20-11-10-15-4-2-3-5-17(15)19/h2-9,13,20H,10-12H2,1H3. The molecule has 0 bridgehead atoms. The molecule has 2 aromatic rings. The van der Waals surface area contributed by atoms with E-state index in [2.05, 4.69) is 12.2 Å². The molecule has 3 heteroatoms. The van der Waals surface area contributed by atoms with Gasteiger partial charge >= 0.3 is 0 Å². The molecule has 0 spiro atoms. The smallest absolute Gasteiger partial charge is 0.126 e. The van der Waals surface area contributed by atoms with E-state index in [1.807, 2.05) is 12.1 Å². The van der Waals surface area contributed by atoms with Gasteiger partial charge in [-0.2, -0.15) is 0 Å². The monoisotopic (exact) mass is 275 g/mol. The molecule has 1 N–H and O–H groups in total. The highest BCUT2D eigenvalue weighted by molar-refractivity contribution is 5.18. The van der Waals surface area contributed by atoms with Crippen LogP contribution in [0, 0.1) is 11.6 Å². The third kappa shape index (κ3) is 4.42. The minimum atomic E-state index is -0.214. The van der Waals surface area contributed by atoms with Crippen LogP contribution >= 0.6 is 0 Å². The van der Waals surface area contributed by atoms with Crippen LogP contribution in [0.3, 0.4) is 0 Å². The van der Waals surface area contributed by atoms with Crippen molar-refractivity contribution in [2.75, 3.05) is 6.54 Å². The van der Waals surface area contributed by atoms with Crippen LogP contribution in [0.1, 0.15) is 18.1 Å². The van der Waals surface area contributed by atoms with Crippen LogP contribution in [0.5, 0.6) is 0 Å². The molecular weight excluding hydrogens is 256 g/mol. The number of hydrogen-bond donors (Lipinski definition) is 1. The minimum absolute atomic E-state index is 0.152. The van der Waals surface area contributed by atoms with Gasteiger partial charge in [0.15, 0.2) is 0 Å². The molecule has 106 valence electrons. The van der Waals surface area contributed by atoms with E-state index in [0.29, 0.717) is 6.42 Å². The van der Waals surface area contributed by atoms with Gasteiger partial charge in [0.2, 0.25) is 0 Å². The molecule has 0 heterocycles. The molecule has 0 aliphatic heterocycles. The SMILES string of the molecule is CC(Cc1ccc(F)cc1)NCCc1ccccc1F. The maximum Gasteiger partial charge on any atom is 0.126 e. The molecule has 2 aromatic carbocycles. The predicted octanol–water partition coefficient (Wildman–Crippen LogP) is 3.73. The molecule has 0 radical (unpaired) electrons. The average Bonchev–Trinajstić information content (AvgIpc) is 2.43. The molecule has 0 saturated carbocycles. The van der Waals surface area contributed by atoms with E-state index >= 15 is 0 Å². The molecule has 1 unspecified atom stereocenters. The molecule has 0 amide bonds. The minimum Gasteiger partial charge on any atom is -0.314 e. The van der Waals surface area contributed by atoms with Gasteiger partial charge in [-0.1, -0.05) is 30.3 Å². The van der Waals surface area contributed by atoms with Crippen LogP contribution in [0.4, 0.5) is 8.78 Å². The van der Waals surface area contributed by atoms with Crippen molar-refractivity contribution in [2.45, 2.75) is 25.8 Å². The Labute approximate surface area is 118 Å². The Balaban J connectivity index is 1.76. The van der Waals surface area contributed by atoms with E-state index in [1.165, 1.54) is 18.2 Å². The van der Waals surface area contributed by atoms with Crippen molar-refractivity contribution in [3.8, 4) is 0 Å². The first kappa shape index (κ1) is 14.7. The van der Waals surface area contributed by atoms with Gasteiger partial charge in [-0.05, 0) is 55.6 Å². The van der Waals surface area contributed by atoms with Crippen molar-refractivity contribution in [3.05, 3.63) is 71.3 Å². The summed E-state index contributed by atoms with van der Waals surface area (Å²) in [6, 6.07) is 13.6. The first-order valence-electron chi connectivity index (χ1n) is 6.86. The van der Waals surface area contributed by atoms with E-state index in [0.717, 1.165) is 24.1 Å². The van der Waals surface area contributed by atoms with Crippen molar-refractivity contribution in [1.82, 2.24) is 5.32 Å². The van der Waals surface area contributed by atoms with Gasteiger partial charge in [0.1, 0.15) is 11.6 Å². The van der Waals surface area contributed by atoms with Crippen LogP contribution < -0.4 is 5.32 Å². The summed E-state index contributed by atoms with van der Waals surface area (Å²) in [5.74, 6) is -0.366. The number of nitrogens with one attached hydrogen (secondary N) is 1. The van der Waals surface area contributed by atoms with Gasteiger partial charge in [0, 0.05) is 6.04 Å². The van der Waals surface area contributed by atoms with Gasteiger partial charge in [-0.15, -0.1) is 0 Å². The van der Waals surface area contributed by atoms with Crippen LogP contribution in [-0.4, -0.2) is 12.6 Å². The zero-order valence-corrected chi connectivity index (χ0v) is 11.6. The molecule has 0 aromatic heterocycles. The second-order valence-corrected chi connectivity index (χ2v) is 5.03. The maximum absolute atomic E-state index is 13.4. The molecule has 1 nitrogen and oxygen atoms in total. The van der Waals surface area contributed by atoms with E-state index in [1.54, 1.807) is 18.2 Å². The number of rotatable bonds is 6. The normalized spacial score (nSPS) is 12.3. The molecule has 0 aliphatic carbocycles. The second kappa shape index (κ2) is 7.15. The summed E-state index contributed by atoms with van der Waals surface area (Å²) in [6.45, 7) is 2.80. The lowest BCUT2D eigenvalue weighted by molar-refractivity contribution is 0.537. The van der Waals surface area contributed by atoms with Gasteiger partial charge < -0.3 is 5.32 Å². The molecular formula is C17H19F2N. The van der Waals surface area contributed by atoms with Crippen molar-refractivity contribution < 1.29 is 8.78 Å². The van der Waals surface area contributed by atoms with Crippen molar-refractivity contribution in [1.29, 1.82) is 0 Å². The highest BCUT2D eigenvalue weighted by Gasteiger charge is 2.05. The first-order chi connectivity index (χ1) is 9.65. The highest BCUT2D eigenvalue weighted by Crippen LogP contribution is 2.08. The number of halogens is 2. The highest BCUT2D eigenvalue weighted by atomic mass is 19.1. The van der Waals surface area contributed by atoms with Crippen LogP contribution in [-0.2, 0) is 12.8 Å². The average molecular weight is 275 g/mol. The summed E-state index contributed by atoms with van der Waals surface area (Å²) in [6.07, 6.45) is 1.50. The Morgan fingerprint density at radius 1 is 1.00 bits per heavy atom. The molecule has 0 aliphatic rings. The fourth-order valence-corrected chi connectivity index (χ4v) is 2.20. The Bertz CT molecular complexity index is 537.